The summed E-state index contributed by atoms with van der Waals surface area (Å²) in [5.41, 5.74) is 3.09. The van der Waals surface area contributed by atoms with Gasteiger partial charge in [-0.2, -0.15) is 0 Å². The van der Waals surface area contributed by atoms with Gasteiger partial charge in [0.05, 0.1) is 0 Å². The van der Waals surface area contributed by atoms with Crippen LogP contribution in [0.25, 0.3) is 10.8 Å². The van der Waals surface area contributed by atoms with E-state index in [1.165, 1.54) is 18.2 Å². The quantitative estimate of drug-likeness (QED) is 0.459. The Labute approximate surface area is 158 Å². The van der Waals surface area contributed by atoms with Crippen molar-refractivity contribution in [1.29, 1.82) is 0 Å². The molecule has 27 heavy (non-hydrogen) atoms. The van der Waals surface area contributed by atoms with E-state index in [1.807, 2.05) is 6.07 Å². The van der Waals surface area contributed by atoms with Crippen molar-refractivity contribution in [2.45, 2.75) is 44.9 Å². The second-order valence-electron chi connectivity index (χ2n) is 7.59. The molecule has 0 fully saturated rings. The summed E-state index contributed by atoms with van der Waals surface area (Å²) in [5.74, 6) is -1.47. The number of benzene rings is 3. The molecule has 0 nitrogen and oxygen atoms in total. The lowest BCUT2D eigenvalue weighted by atomic mass is 9.69. The third kappa shape index (κ3) is 3.36. The molecule has 0 spiro atoms. The summed E-state index contributed by atoms with van der Waals surface area (Å²) in [5, 5.41) is 1.96. The summed E-state index contributed by atoms with van der Waals surface area (Å²) in [4.78, 5) is 0. The number of hydrogen-bond acceptors (Lipinski definition) is 0. The van der Waals surface area contributed by atoms with Crippen molar-refractivity contribution in [3.8, 4) is 0 Å². The van der Waals surface area contributed by atoms with E-state index in [2.05, 4.69) is 13.0 Å². The Morgan fingerprint density at radius 2 is 1.74 bits per heavy atom. The Morgan fingerprint density at radius 1 is 0.926 bits per heavy atom. The van der Waals surface area contributed by atoms with Gasteiger partial charge in [-0.1, -0.05) is 44.0 Å². The smallest absolute Gasteiger partial charge is 0.159 e. The molecule has 0 radical (unpaired) electrons. The van der Waals surface area contributed by atoms with Gasteiger partial charge < -0.3 is 0 Å². The Hall–Kier alpha value is -2.29. The molecular weight excluding hydrogens is 345 g/mol. The number of rotatable bonds is 4. The van der Waals surface area contributed by atoms with Gasteiger partial charge in [-0.3, -0.25) is 0 Å². The summed E-state index contributed by atoms with van der Waals surface area (Å²) in [6.45, 7) is 2.17. The Balaban J connectivity index is 1.88. The van der Waals surface area contributed by atoms with Crippen LogP contribution in [0.2, 0.25) is 0 Å². The molecule has 0 amide bonds. The van der Waals surface area contributed by atoms with E-state index in [-0.39, 0.29) is 11.7 Å². The van der Waals surface area contributed by atoms with Crippen LogP contribution in [-0.4, -0.2) is 0 Å². The number of fused-ring (bicyclic) bond motifs is 3. The lowest BCUT2D eigenvalue weighted by molar-refractivity contribution is 0.371. The normalized spacial score (nSPS) is 19.3. The zero-order valence-electron chi connectivity index (χ0n) is 15.4. The van der Waals surface area contributed by atoms with E-state index in [0.29, 0.717) is 5.92 Å². The van der Waals surface area contributed by atoms with Crippen LogP contribution in [0.15, 0.2) is 48.5 Å². The van der Waals surface area contributed by atoms with Crippen molar-refractivity contribution in [3.63, 3.8) is 0 Å². The van der Waals surface area contributed by atoms with Gasteiger partial charge >= 0.3 is 0 Å². The topological polar surface area (TPSA) is 0 Å². The molecule has 0 saturated carbocycles. The van der Waals surface area contributed by atoms with Gasteiger partial charge in [-0.05, 0) is 76.9 Å². The lowest BCUT2D eigenvalue weighted by Crippen LogP contribution is -2.22. The van der Waals surface area contributed by atoms with E-state index in [1.54, 1.807) is 18.2 Å². The predicted octanol–water partition coefficient (Wildman–Crippen LogP) is 7.14. The van der Waals surface area contributed by atoms with Crippen molar-refractivity contribution in [1.82, 2.24) is 0 Å². The number of aryl methyl sites for hydroxylation is 1. The first kappa shape index (κ1) is 18.1. The van der Waals surface area contributed by atoms with Crippen molar-refractivity contribution >= 4 is 10.8 Å². The summed E-state index contributed by atoms with van der Waals surface area (Å²) >= 11 is 0. The molecule has 140 valence electrons. The second-order valence-corrected chi connectivity index (χ2v) is 7.59. The third-order valence-corrected chi connectivity index (χ3v) is 5.93. The molecule has 0 aromatic heterocycles. The standard InChI is InChI=1S/C24H23F3/c1-2-3-4-16-7-10-19-20(11-6-15-5-9-18(25)14-21(15)19)24(16)17-8-12-22(26)23(27)13-17/h5-6,8-9,11-14,16,24H,2-4,7,10H2,1H3/t16-,24-/m1/s1. The minimum absolute atomic E-state index is 0.0167. The average molecular weight is 368 g/mol. The van der Waals surface area contributed by atoms with Crippen LogP contribution in [0, 0.1) is 23.4 Å². The van der Waals surface area contributed by atoms with Crippen molar-refractivity contribution < 1.29 is 13.2 Å². The van der Waals surface area contributed by atoms with Crippen molar-refractivity contribution in [2.75, 3.05) is 0 Å². The van der Waals surface area contributed by atoms with Crippen molar-refractivity contribution in [3.05, 3.63) is 82.7 Å². The van der Waals surface area contributed by atoms with Gasteiger partial charge in [0.2, 0.25) is 0 Å². The average Bonchev–Trinajstić information content (AvgIpc) is 2.67. The summed E-state index contributed by atoms with van der Waals surface area (Å²) in [6.07, 6.45) is 5.15. The van der Waals surface area contributed by atoms with Crippen LogP contribution >= 0.6 is 0 Å². The molecule has 1 aliphatic carbocycles. The summed E-state index contributed by atoms with van der Waals surface area (Å²) < 4.78 is 41.3. The largest absolute Gasteiger partial charge is 0.207 e. The fourth-order valence-corrected chi connectivity index (χ4v) is 4.63. The Bertz CT molecular complexity index is 977. The Morgan fingerprint density at radius 3 is 2.52 bits per heavy atom. The first-order valence-corrected chi connectivity index (χ1v) is 9.74. The van der Waals surface area contributed by atoms with Gasteiger partial charge in [-0.25, -0.2) is 13.2 Å². The van der Waals surface area contributed by atoms with Gasteiger partial charge in [0.25, 0.3) is 0 Å². The van der Waals surface area contributed by atoms with Crippen LogP contribution in [0.1, 0.15) is 55.2 Å². The van der Waals surface area contributed by atoms with E-state index in [4.69, 9.17) is 0 Å². The first-order valence-electron chi connectivity index (χ1n) is 9.74. The summed E-state index contributed by atoms with van der Waals surface area (Å²) in [6, 6.07) is 13.3. The van der Waals surface area contributed by atoms with Gasteiger partial charge in [0.15, 0.2) is 11.6 Å². The Kier molecular flexibility index (Phi) is 4.94. The van der Waals surface area contributed by atoms with Crippen molar-refractivity contribution in [2.24, 2.45) is 5.92 Å². The first-order chi connectivity index (χ1) is 13.1. The highest BCUT2D eigenvalue weighted by Crippen LogP contribution is 2.45. The van der Waals surface area contributed by atoms with E-state index >= 15 is 0 Å². The molecule has 3 aromatic carbocycles. The molecule has 0 bridgehead atoms. The SMILES string of the molecule is CCCC[C@@H]1CCc2c(ccc3ccc(F)cc23)[C@H]1c1ccc(F)c(F)c1. The number of halogens is 3. The van der Waals surface area contributed by atoms with E-state index in [0.717, 1.165) is 59.6 Å². The van der Waals surface area contributed by atoms with Gasteiger partial charge in [-0.15, -0.1) is 0 Å². The zero-order chi connectivity index (χ0) is 19.0. The fraction of sp³-hybridized carbons (Fsp3) is 0.333. The maximum absolute atomic E-state index is 14.0. The van der Waals surface area contributed by atoms with Gasteiger partial charge in [0.1, 0.15) is 5.82 Å². The molecule has 3 aromatic rings. The highest BCUT2D eigenvalue weighted by Gasteiger charge is 2.31. The predicted molar refractivity (Wildman–Crippen MR) is 103 cm³/mol. The lowest BCUT2D eigenvalue weighted by Gasteiger charge is -2.35. The molecule has 0 heterocycles. The van der Waals surface area contributed by atoms with Crippen LogP contribution in [-0.2, 0) is 6.42 Å². The number of unbranched alkanes of at least 4 members (excludes halogenated alkanes) is 1. The molecule has 0 saturated heterocycles. The molecular formula is C24H23F3. The van der Waals surface area contributed by atoms with E-state index in [9.17, 15) is 13.2 Å². The highest BCUT2D eigenvalue weighted by atomic mass is 19.2. The molecule has 0 N–H and O–H groups in total. The maximum Gasteiger partial charge on any atom is 0.159 e. The molecule has 0 aliphatic heterocycles. The second kappa shape index (κ2) is 7.38. The van der Waals surface area contributed by atoms with Crippen LogP contribution < -0.4 is 0 Å². The molecule has 2 atom stereocenters. The molecule has 0 unspecified atom stereocenters. The monoisotopic (exact) mass is 368 g/mol. The molecule has 4 rings (SSSR count). The number of hydrogen-bond donors (Lipinski definition) is 0. The minimum Gasteiger partial charge on any atom is -0.207 e. The zero-order valence-corrected chi connectivity index (χ0v) is 15.4. The highest BCUT2D eigenvalue weighted by molar-refractivity contribution is 5.87. The minimum atomic E-state index is -0.819. The van der Waals surface area contributed by atoms with Gasteiger partial charge in [0, 0.05) is 5.92 Å². The molecule has 3 heteroatoms. The van der Waals surface area contributed by atoms with Crippen LogP contribution in [0.4, 0.5) is 13.2 Å². The summed E-state index contributed by atoms with van der Waals surface area (Å²) in [7, 11) is 0. The van der Waals surface area contributed by atoms with E-state index < -0.39 is 11.6 Å². The fourth-order valence-electron chi connectivity index (χ4n) is 4.63. The third-order valence-electron chi connectivity index (χ3n) is 5.93. The molecule has 1 aliphatic rings. The van der Waals surface area contributed by atoms with Crippen LogP contribution in [0.5, 0.6) is 0 Å². The van der Waals surface area contributed by atoms with Crippen LogP contribution in [0.3, 0.4) is 0 Å². The maximum atomic E-state index is 14.0.